The summed E-state index contributed by atoms with van der Waals surface area (Å²) in [5.74, 6) is 2.94. The minimum atomic E-state index is -0.156. The van der Waals surface area contributed by atoms with Crippen LogP contribution in [0.1, 0.15) is 30.0 Å². The van der Waals surface area contributed by atoms with Crippen molar-refractivity contribution < 1.29 is 24.1 Å². The van der Waals surface area contributed by atoms with Gasteiger partial charge in [-0.2, -0.15) is 0 Å². The van der Waals surface area contributed by atoms with Gasteiger partial charge in [0.25, 0.3) is 0 Å². The number of methoxy groups -OCH3 is 2. The van der Waals surface area contributed by atoms with Gasteiger partial charge in [-0.05, 0) is 50.2 Å². The molecule has 0 saturated carbocycles. The highest BCUT2D eigenvalue weighted by Crippen LogP contribution is 2.46. The highest BCUT2D eigenvalue weighted by Gasteiger charge is 2.31. The van der Waals surface area contributed by atoms with Gasteiger partial charge in [0.15, 0.2) is 11.5 Å². The largest absolute Gasteiger partial charge is 0.507 e. The second-order valence-corrected chi connectivity index (χ2v) is 6.52. The normalized spacial score (nSPS) is 17.3. The second kappa shape index (κ2) is 6.96. The smallest absolute Gasteiger partial charge is 0.231 e. The molecule has 0 spiro atoms. The standard InChI is InChI=1S/C20H23NO5/c1-23-13-5-6-17(24-2)15(9-13)20(21-7-3-4-8-21)14-10-18-19(11-16(14)22)26-12-25-18/h5-6,9-11,20,22H,3-4,7-8,12H2,1-2H3. The van der Waals surface area contributed by atoms with Crippen LogP contribution in [0.15, 0.2) is 30.3 Å². The summed E-state index contributed by atoms with van der Waals surface area (Å²) in [6, 6.07) is 9.11. The Morgan fingerprint density at radius 2 is 1.69 bits per heavy atom. The van der Waals surface area contributed by atoms with E-state index in [1.807, 2.05) is 24.3 Å². The molecule has 1 unspecified atom stereocenters. The van der Waals surface area contributed by atoms with E-state index in [1.54, 1.807) is 20.3 Å². The van der Waals surface area contributed by atoms with Crippen molar-refractivity contribution in [3.8, 4) is 28.7 Å². The van der Waals surface area contributed by atoms with E-state index >= 15 is 0 Å². The topological polar surface area (TPSA) is 60.4 Å². The molecule has 26 heavy (non-hydrogen) atoms. The first-order valence-electron chi connectivity index (χ1n) is 8.79. The van der Waals surface area contributed by atoms with Crippen molar-refractivity contribution in [3.05, 3.63) is 41.5 Å². The number of hydrogen-bond acceptors (Lipinski definition) is 6. The number of fused-ring (bicyclic) bond motifs is 1. The van der Waals surface area contributed by atoms with Crippen molar-refractivity contribution in [2.45, 2.75) is 18.9 Å². The van der Waals surface area contributed by atoms with Gasteiger partial charge in [-0.3, -0.25) is 4.90 Å². The molecule has 1 atom stereocenters. The Balaban J connectivity index is 1.87. The third-order valence-corrected chi connectivity index (χ3v) is 5.05. The first-order valence-corrected chi connectivity index (χ1v) is 8.79. The first kappa shape index (κ1) is 16.8. The lowest BCUT2D eigenvalue weighted by Crippen LogP contribution is -2.27. The number of ether oxygens (including phenoxy) is 4. The minimum Gasteiger partial charge on any atom is -0.507 e. The van der Waals surface area contributed by atoms with Gasteiger partial charge in [0.1, 0.15) is 17.2 Å². The molecule has 1 fully saturated rings. The number of nitrogens with zero attached hydrogens (tertiary/aromatic N) is 1. The third-order valence-electron chi connectivity index (χ3n) is 5.05. The second-order valence-electron chi connectivity index (χ2n) is 6.52. The van der Waals surface area contributed by atoms with Gasteiger partial charge in [0.05, 0.1) is 20.3 Å². The minimum absolute atomic E-state index is 0.156. The Bertz CT molecular complexity index is 801. The van der Waals surface area contributed by atoms with E-state index in [1.165, 1.54) is 0 Å². The molecule has 6 heteroatoms. The summed E-state index contributed by atoms with van der Waals surface area (Å²) < 4.78 is 22.0. The summed E-state index contributed by atoms with van der Waals surface area (Å²) >= 11 is 0. The third kappa shape index (κ3) is 2.90. The van der Waals surface area contributed by atoms with Crippen molar-refractivity contribution in [2.75, 3.05) is 34.1 Å². The van der Waals surface area contributed by atoms with Crippen LogP contribution >= 0.6 is 0 Å². The van der Waals surface area contributed by atoms with Crippen LogP contribution in [-0.4, -0.2) is 44.1 Å². The summed E-state index contributed by atoms with van der Waals surface area (Å²) in [5, 5.41) is 10.7. The van der Waals surface area contributed by atoms with Crippen LogP contribution in [0.3, 0.4) is 0 Å². The van der Waals surface area contributed by atoms with Gasteiger partial charge >= 0.3 is 0 Å². The molecule has 2 aromatic rings. The number of rotatable bonds is 5. The summed E-state index contributed by atoms with van der Waals surface area (Å²) in [7, 11) is 3.31. The average molecular weight is 357 g/mol. The molecule has 0 aliphatic carbocycles. The SMILES string of the molecule is COc1ccc(OC)c(C(c2cc3c(cc2O)OCO3)N2CCCC2)c1. The number of likely N-dealkylation sites (tertiary alicyclic amines) is 1. The number of aromatic hydroxyl groups is 1. The predicted octanol–water partition coefficient (Wildman–Crippen LogP) is 3.32. The van der Waals surface area contributed by atoms with Crippen LogP contribution in [0.25, 0.3) is 0 Å². The van der Waals surface area contributed by atoms with Crippen LogP contribution in [0.4, 0.5) is 0 Å². The van der Waals surface area contributed by atoms with Gasteiger partial charge in [-0.15, -0.1) is 0 Å². The molecule has 1 saturated heterocycles. The number of phenols is 1. The number of benzene rings is 2. The summed E-state index contributed by atoms with van der Waals surface area (Å²) in [5.41, 5.74) is 1.74. The van der Waals surface area contributed by atoms with Gasteiger partial charge in [-0.1, -0.05) is 0 Å². The molecular weight excluding hydrogens is 334 g/mol. The molecule has 0 bridgehead atoms. The highest BCUT2D eigenvalue weighted by atomic mass is 16.7. The summed E-state index contributed by atoms with van der Waals surface area (Å²) in [6.45, 7) is 2.09. The lowest BCUT2D eigenvalue weighted by Gasteiger charge is -2.30. The van der Waals surface area contributed by atoms with Gasteiger partial charge in [-0.25, -0.2) is 0 Å². The lowest BCUT2D eigenvalue weighted by molar-refractivity contribution is 0.173. The number of hydrogen-bond donors (Lipinski definition) is 1. The molecule has 4 rings (SSSR count). The Kier molecular flexibility index (Phi) is 4.51. The van der Waals surface area contributed by atoms with Gasteiger partial charge < -0.3 is 24.1 Å². The zero-order valence-electron chi connectivity index (χ0n) is 15.0. The van der Waals surface area contributed by atoms with E-state index in [0.29, 0.717) is 11.5 Å². The molecule has 2 heterocycles. The maximum absolute atomic E-state index is 10.7. The molecule has 138 valence electrons. The maximum Gasteiger partial charge on any atom is 0.231 e. The first-order chi connectivity index (χ1) is 12.7. The van der Waals surface area contributed by atoms with Crippen LogP contribution in [-0.2, 0) is 0 Å². The van der Waals surface area contributed by atoms with Crippen LogP contribution in [0.2, 0.25) is 0 Å². The van der Waals surface area contributed by atoms with E-state index in [4.69, 9.17) is 18.9 Å². The van der Waals surface area contributed by atoms with E-state index in [9.17, 15) is 5.11 Å². The Hall–Kier alpha value is -2.60. The predicted molar refractivity (Wildman–Crippen MR) is 96.4 cm³/mol. The fourth-order valence-electron chi connectivity index (χ4n) is 3.78. The van der Waals surface area contributed by atoms with Gasteiger partial charge in [0.2, 0.25) is 6.79 Å². The molecule has 6 nitrogen and oxygen atoms in total. The van der Waals surface area contributed by atoms with Crippen molar-refractivity contribution in [1.29, 1.82) is 0 Å². The fourth-order valence-corrected chi connectivity index (χ4v) is 3.78. The zero-order valence-corrected chi connectivity index (χ0v) is 15.0. The van der Waals surface area contributed by atoms with Crippen molar-refractivity contribution in [2.24, 2.45) is 0 Å². The summed E-state index contributed by atoms with van der Waals surface area (Å²) in [4.78, 5) is 2.36. The zero-order chi connectivity index (χ0) is 18.1. The Labute approximate surface area is 152 Å². The van der Waals surface area contributed by atoms with Crippen molar-refractivity contribution in [3.63, 3.8) is 0 Å². The van der Waals surface area contributed by atoms with Crippen molar-refractivity contribution in [1.82, 2.24) is 4.90 Å². The fraction of sp³-hybridized carbons (Fsp3) is 0.400. The van der Waals surface area contributed by atoms with Crippen LogP contribution in [0.5, 0.6) is 28.7 Å². The van der Waals surface area contributed by atoms with Crippen LogP contribution < -0.4 is 18.9 Å². The monoisotopic (exact) mass is 357 g/mol. The Morgan fingerprint density at radius 3 is 2.38 bits per heavy atom. The van der Waals surface area contributed by atoms with E-state index in [2.05, 4.69) is 4.90 Å². The molecule has 2 aromatic carbocycles. The van der Waals surface area contributed by atoms with Gasteiger partial charge in [0, 0.05) is 17.2 Å². The van der Waals surface area contributed by atoms with E-state index in [0.717, 1.165) is 48.6 Å². The molecular formula is C20H23NO5. The Morgan fingerprint density at radius 1 is 0.962 bits per heavy atom. The quantitative estimate of drug-likeness (QED) is 0.886. The molecule has 2 aliphatic heterocycles. The maximum atomic E-state index is 10.7. The molecule has 2 aliphatic rings. The molecule has 0 aromatic heterocycles. The lowest BCUT2D eigenvalue weighted by atomic mass is 9.94. The van der Waals surface area contributed by atoms with E-state index in [-0.39, 0.29) is 18.6 Å². The number of phenolic OH excluding ortho intramolecular Hbond substituents is 1. The van der Waals surface area contributed by atoms with E-state index < -0.39 is 0 Å². The van der Waals surface area contributed by atoms with Crippen LogP contribution in [0, 0.1) is 0 Å². The molecule has 0 radical (unpaired) electrons. The van der Waals surface area contributed by atoms with Crippen molar-refractivity contribution >= 4 is 0 Å². The highest BCUT2D eigenvalue weighted by molar-refractivity contribution is 5.56. The molecule has 0 amide bonds. The average Bonchev–Trinajstić information content (AvgIpc) is 3.34. The summed E-state index contributed by atoms with van der Waals surface area (Å²) in [6.07, 6.45) is 2.27. The molecule has 1 N–H and O–H groups in total.